The molecule has 4 heteroatoms. The van der Waals surface area contributed by atoms with E-state index in [-0.39, 0.29) is 0 Å². The van der Waals surface area contributed by atoms with Gasteiger partial charge in [-0.3, -0.25) is 4.68 Å². The van der Waals surface area contributed by atoms with Crippen molar-refractivity contribution < 1.29 is 4.74 Å². The van der Waals surface area contributed by atoms with Crippen LogP contribution in [0.15, 0.2) is 36.7 Å². The summed E-state index contributed by atoms with van der Waals surface area (Å²) in [4.78, 5) is 0. The Balaban J connectivity index is 1.94. The van der Waals surface area contributed by atoms with Crippen LogP contribution < -0.4 is 10.1 Å². The number of nitrogens with zero attached hydrogens (tertiary/aromatic N) is 2. The number of para-hydroxylation sites is 1. The van der Waals surface area contributed by atoms with Crippen molar-refractivity contribution in [2.45, 2.75) is 40.0 Å². The molecule has 0 aliphatic rings. The standard InChI is InChI=1S/C16H23N3O/c1-3-9-17-11-15-7-5-6-8-16(15)20-13-14-10-18-19(4-2)12-14/h5-8,10,12,17H,3-4,9,11,13H2,1-2H3. The van der Waals surface area contributed by atoms with Crippen molar-refractivity contribution in [2.75, 3.05) is 6.54 Å². The van der Waals surface area contributed by atoms with Gasteiger partial charge in [-0.1, -0.05) is 25.1 Å². The molecule has 1 aromatic heterocycles. The summed E-state index contributed by atoms with van der Waals surface area (Å²) < 4.78 is 7.83. The third kappa shape index (κ3) is 4.10. The van der Waals surface area contributed by atoms with Crippen LogP contribution in [0.5, 0.6) is 5.75 Å². The fourth-order valence-corrected chi connectivity index (χ4v) is 2.01. The molecule has 0 bridgehead atoms. The molecule has 0 saturated carbocycles. The molecule has 20 heavy (non-hydrogen) atoms. The number of ether oxygens (including phenoxy) is 1. The van der Waals surface area contributed by atoms with E-state index < -0.39 is 0 Å². The van der Waals surface area contributed by atoms with Crippen LogP contribution in [-0.4, -0.2) is 16.3 Å². The molecule has 108 valence electrons. The van der Waals surface area contributed by atoms with Gasteiger partial charge in [0.25, 0.3) is 0 Å². The second kappa shape index (κ2) is 7.70. The molecule has 2 aromatic rings. The van der Waals surface area contributed by atoms with E-state index in [1.54, 1.807) is 0 Å². The normalized spacial score (nSPS) is 10.7. The van der Waals surface area contributed by atoms with E-state index in [1.165, 1.54) is 5.56 Å². The Hall–Kier alpha value is -1.81. The molecule has 0 radical (unpaired) electrons. The molecule has 4 nitrogen and oxygen atoms in total. The summed E-state index contributed by atoms with van der Waals surface area (Å²) in [5, 5.41) is 7.66. The predicted octanol–water partition coefficient (Wildman–Crippen LogP) is 2.98. The van der Waals surface area contributed by atoms with E-state index >= 15 is 0 Å². The van der Waals surface area contributed by atoms with E-state index in [2.05, 4.69) is 30.3 Å². The van der Waals surface area contributed by atoms with Crippen LogP contribution in [0.1, 0.15) is 31.4 Å². The highest BCUT2D eigenvalue weighted by atomic mass is 16.5. The maximum absolute atomic E-state index is 5.92. The van der Waals surface area contributed by atoms with Crippen LogP contribution in [0.25, 0.3) is 0 Å². The maximum atomic E-state index is 5.92. The zero-order chi connectivity index (χ0) is 14.2. The van der Waals surface area contributed by atoms with Crippen molar-refractivity contribution in [3.05, 3.63) is 47.8 Å². The molecule has 0 atom stereocenters. The fourth-order valence-electron chi connectivity index (χ4n) is 2.01. The molecule has 0 saturated heterocycles. The number of aryl methyl sites for hydroxylation is 1. The Morgan fingerprint density at radius 2 is 2.10 bits per heavy atom. The molecule has 0 unspecified atom stereocenters. The van der Waals surface area contributed by atoms with Crippen LogP contribution in [0, 0.1) is 0 Å². The molecule has 1 heterocycles. The smallest absolute Gasteiger partial charge is 0.124 e. The second-order valence-corrected chi connectivity index (χ2v) is 4.78. The van der Waals surface area contributed by atoms with Crippen LogP contribution in [0.2, 0.25) is 0 Å². The first kappa shape index (κ1) is 14.6. The summed E-state index contributed by atoms with van der Waals surface area (Å²) in [5.41, 5.74) is 2.30. The first-order valence-corrected chi connectivity index (χ1v) is 7.26. The van der Waals surface area contributed by atoms with Gasteiger partial charge >= 0.3 is 0 Å². The average molecular weight is 273 g/mol. The quantitative estimate of drug-likeness (QED) is 0.752. The minimum atomic E-state index is 0.560. The van der Waals surface area contributed by atoms with Crippen molar-refractivity contribution in [1.29, 1.82) is 0 Å². The van der Waals surface area contributed by atoms with Gasteiger partial charge < -0.3 is 10.1 Å². The maximum Gasteiger partial charge on any atom is 0.124 e. The van der Waals surface area contributed by atoms with Gasteiger partial charge in [0.1, 0.15) is 12.4 Å². The lowest BCUT2D eigenvalue weighted by molar-refractivity contribution is 0.302. The Morgan fingerprint density at radius 1 is 1.25 bits per heavy atom. The lowest BCUT2D eigenvalue weighted by atomic mass is 10.2. The van der Waals surface area contributed by atoms with E-state index in [0.29, 0.717) is 6.61 Å². The van der Waals surface area contributed by atoms with Gasteiger partial charge in [-0.15, -0.1) is 0 Å². The topological polar surface area (TPSA) is 39.1 Å². The summed E-state index contributed by atoms with van der Waals surface area (Å²) >= 11 is 0. The van der Waals surface area contributed by atoms with Crippen LogP contribution in [0.4, 0.5) is 0 Å². The molecule has 0 spiro atoms. The number of rotatable bonds is 8. The molecule has 1 N–H and O–H groups in total. The highest BCUT2D eigenvalue weighted by molar-refractivity contribution is 5.33. The van der Waals surface area contributed by atoms with Gasteiger partial charge in [0.15, 0.2) is 0 Å². The summed E-state index contributed by atoms with van der Waals surface area (Å²) in [6.45, 7) is 7.56. The van der Waals surface area contributed by atoms with Crippen molar-refractivity contribution in [3.63, 3.8) is 0 Å². The Morgan fingerprint density at radius 3 is 2.85 bits per heavy atom. The van der Waals surface area contributed by atoms with E-state index in [9.17, 15) is 0 Å². The lowest BCUT2D eigenvalue weighted by Gasteiger charge is -2.11. The Bertz CT molecular complexity index is 522. The van der Waals surface area contributed by atoms with Crippen LogP contribution in [0.3, 0.4) is 0 Å². The van der Waals surface area contributed by atoms with E-state index in [1.807, 2.05) is 35.3 Å². The number of benzene rings is 1. The number of aromatic nitrogens is 2. The molecule has 0 amide bonds. The van der Waals surface area contributed by atoms with Gasteiger partial charge in [0, 0.05) is 30.4 Å². The van der Waals surface area contributed by atoms with Gasteiger partial charge in [0.2, 0.25) is 0 Å². The zero-order valence-electron chi connectivity index (χ0n) is 12.3. The molecular formula is C16H23N3O. The summed E-state index contributed by atoms with van der Waals surface area (Å²) in [6.07, 6.45) is 5.03. The number of hydrogen-bond acceptors (Lipinski definition) is 3. The second-order valence-electron chi connectivity index (χ2n) is 4.78. The van der Waals surface area contributed by atoms with Gasteiger partial charge in [0.05, 0.1) is 6.20 Å². The lowest BCUT2D eigenvalue weighted by Crippen LogP contribution is -2.14. The Kier molecular flexibility index (Phi) is 5.62. The monoisotopic (exact) mass is 273 g/mol. The summed E-state index contributed by atoms with van der Waals surface area (Å²) in [5.74, 6) is 0.945. The van der Waals surface area contributed by atoms with E-state index in [4.69, 9.17) is 4.74 Å². The SMILES string of the molecule is CCCNCc1ccccc1OCc1cnn(CC)c1. The Labute approximate surface area is 120 Å². The van der Waals surface area contributed by atoms with E-state index in [0.717, 1.165) is 37.4 Å². The zero-order valence-corrected chi connectivity index (χ0v) is 12.3. The number of hydrogen-bond donors (Lipinski definition) is 1. The summed E-state index contributed by atoms with van der Waals surface area (Å²) in [6, 6.07) is 8.18. The highest BCUT2D eigenvalue weighted by Gasteiger charge is 2.04. The molecule has 0 aliphatic heterocycles. The molecule has 1 aromatic carbocycles. The van der Waals surface area contributed by atoms with Crippen LogP contribution >= 0.6 is 0 Å². The van der Waals surface area contributed by atoms with Crippen molar-refractivity contribution >= 4 is 0 Å². The average Bonchev–Trinajstić information content (AvgIpc) is 2.94. The molecule has 2 rings (SSSR count). The van der Waals surface area contributed by atoms with Crippen LogP contribution in [-0.2, 0) is 19.7 Å². The highest BCUT2D eigenvalue weighted by Crippen LogP contribution is 2.19. The molecule has 0 aliphatic carbocycles. The van der Waals surface area contributed by atoms with Gasteiger partial charge in [-0.05, 0) is 26.0 Å². The summed E-state index contributed by atoms with van der Waals surface area (Å²) in [7, 11) is 0. The van der Waals surface area contributed by atoms with Crippen molar-refractivity contribution in [2.24, 2.45) is 0 Å². The van der Waals surface area contributed by atoms with Crippen molar-refractivity contribution in [1.82, 2.24) is 15.1 Å². The van der Waals surface area contributed by atoms with Gasteiger partial charge in [-0.2, -0.15) is 5.10 Å². The molecular weight excluding hydrogens is 250 g/mol. The largest absolute Gasteiger partial charge is 0.488 e. The van der Waals surface area contributed by atoms with Gasteiger partial charge in [-0.25, -0.2) is 0 Å². The first-order valence-electron chi connectivity index (χ1n) is 7.26. The first-order chi connectivity index (χ1) is 9.83. The van der Waals surface area contributed by atoms with Crippen molar-refractivity contribution in [3.8, 4) is 5.75 Å². The predicted molar refractivity (Wildman–Crippen MR) is 80.7 cm³/mol. The molecule has 0 fully saturated rings. The fraction of sp³-hybridized carbons (Fsp3) is 0.438. The minimum Gasteiger partial charge on any atom is -0.488 e. The number of nitrogens with one attached hydrogen (secondary N) is 1. The third-order valence-electron chi connectivity index (χ3n) is 3.12. The minimum absolute atomic E-state index is 0.560. The third-order valence-corrected chi connectivity index (χ3v) is 3.12.